The van der Waals surface area contributed by atoms with E-state index in [2.05, 4.69) is 26.0 Å². The Labute approximate surface area is 230 Å². The van der Waals surface area contributed by atoms with Crippen LogP contribution in [-0.4, -0.2) is 29.0 Å². The van der Waals surface area contributed by atoms with Crippen molar-refractivity contribution in [3.63, 3.8) is 0 Å². The molecule has 4 rings (SSSR count). The van der Waals surface area contributed by atoms with Gasteiger partial charge in [-0.3, -0.25) is 13.8 Å². The Morgan fingerprint density at radius 3 is 1.92 bits per heavy atom. The van der Waals surface area contributed by atoms with Gasteiger partial charge in [0, 0.05) is 21.4 Å². The molecule has 2 N–H and O–H groups in total. The van der Waals surface area contributed by atoms with E-state index >= 15 is 0 Å². The molecule has 0 saturated carbocycles. The molecule has 11 heteroatoms. The minimum atomic E-state index is -3.80. The molecule has 8 nitrogen and oxygen atoms in total. The molecule has 196 valence electrons. The fraction of sp³-hybridized carbons (Fsp3) is 0.0741. The lowest BCUT2D eigenvalue weighted by atomic mass is 10.1. The second-order valence-corrected chi connectivity index (χ2v) is 12.9. The zero-order valence-corrected chi connectivity index (χ0v) is 23.4. The summed E-state index contributed by atoms with van der Waals surface area (Å²) >= 11 is 3.31. The number of sulfonamides is 2. The summed E-state index contributed by atoms with van der Waals surface area (Å²) in [6.07, 6.45) is 1.13. The summed E-state index contributed by atoms with van der Waals surface area (Å²) in [6.45, 7) is 0.164. The normalized spacial score (nSPS) is 11.5. The molecule has 0 bridgehead atoms. The lowest BCUT2D eigenvalue weighted by Gasteiger charge is -2.22. The van der Waals surface area contributed by atoms with Crippen molar-refractivity contribution in [3.05, 3.63) is 119 Å². The minimum absolute atomic E-state index is 0.0436. The van der Waals surface area contributed by atoms with Crippen LogP contribution in [0, 0.1) is 0 Å². The largest absolute Gasteiger partial charge is 0.322 e. The quantitative estimate of drug-likeness (QED) is 0.260. The van der Waals surface area contributed by atoms with Crippen LogP contribution in [0.4, 0.5) is 17.1 Å². The first-order chi connectivity index (χ1) is 18.0. The number of anilines is 3. The van der Waals surface area contributed by atoms with E-state index in [1.165, 1.54) is 40.7 Å². The summed E-state index contributed by atoms with van der Waals surface area (Å²) in [6, 6.07) is 27.9. The van der Waals surface area contributed by atoms with Gasteiger partial charge in [0.2, 0.25) is 10.0 Å². The molecule has 0 aromatic heterocycles. The molecular weight excluding hydrogens is 590 g/mol. The highest BCUT2D eigenvalue weighted by Crippen LogP contribution is 2.23. The number of halogens is 1. The number of benzene rings is 4. The monoisotopic (exact) mass is 613 g/mol. The van der Waals surface area contributed by atoms with Crippen molar-refractivity contribution in [1.29, 1.82) is 0 Å². The van der Waals surface area contributed by atoms with Gasteiger partial charge in [-0.2, -0.15) is 0 Å². The van der Waals surface area contributed by atoms with Crippen LogP contribution in [0.1, 0.15) is 15.9 Å². The maximum atomic E-state index is 12.8. The lowest BCUT2D eigenvalue weighted by molar-refractivity contribution is 0.102. The summed E-state index contributed by atoms with van der Waals surface area (Å²) in [5, 5.41) is 2.72. The molecule has 0 aliphatic carbocycles. The van der Waals surface area contributed by atoms with Crippen LogP contribution < -0.4 is 14.3 Å². The predicted molar refractivity (Wildman–Crippen MR) is 153 cm³/mol. The van der Waals surface area contributed by atoms with Gasteiger partial charge in [-0.05, 0) is 78.4 Å². The van der Waals surface area contributed by atoms with Crippen LogP contribution in [0.5, 0.6) is 0 Å². The standard InChI is InChI=1S/C27H24BrN3O5S2/c1-37(33,34)31(19-20-5-3-2-4-6-20)25-15-7-21(8-16-25)27(32)29-23-13-17-26(18-14-23)38(35,36)30-24-11-9-22(28)10-12-24/h2-18,30H,19H2,1H3,(H,29,32). The van der Waals surface area contributed by atoms with Crippen molar-refractivity contribution in [1.82, 2.24) is 0 Å². The smallest absolute Gasteiger partial charge is 0.261 e. The summed E-state index contributed by atoms with van der Waals surface area (Å²) in [5.41, 5.74) is 2.41. The Bertz CT molecular complexity index is 1630. The number of carbonyl (C=O) groups excluding carboxylic acids is 1. The van der Waals surface area contributed by atoms with E-state index in [1.54, 1.807) is 36.4 Å². The Hall–Kier alpha value is -3.67. The summed E-state index contributed by atoms with van der Waals surface area (Å²) in [5.74, 6) is -0.422. The molecule has 38 heavy (non-hydrogen) atoms. The van der Waals surface area contributed by atoms with Crippen LogP contribution in [0.25, 0.3) is 0 Å². The fourth-order valence-electron chi connectivity index (χ4n) is 3.58. The van der Waals surface area contributed by atoms with Gasteiger partial charge >= 0.3 is 0 Å². The molecule has 0 radical (unpaired) electrons. The zero-order chi connectivity index (χ0) is 27.3. The van der Waals surface area contributed by atoms with Crippen molar-refractivity contribution >= 4 is 58.9 Å². The summed E-state index contributed by atoms with van der Waals surface area (Å²) in [4.78, 5) is 12.8. The van der Waals surface area contributed by atoms with E-state index in [1.807, 2.05) is 30.3 Å². The number of carbonyl (C=O) groups is 1. The molecule has 4 aromatic rings. The van der Waals surface area contributed by atoms with Crippen molar-refractivity contribution in [2.24, 2.45) is 0 Å². The first-order valence-electron chi connectivity index (χ1n) is 11.3. The average Bonchev–Trinajstić information content (AvgIpc) is 2.89. The number of hydrogen-bond donors (Lipinski definition) is 2. The van der Waals surface area contributed by atoms with Crippen LogP contribution >= 0.6 is 15.9 Å². The molecule has 0 unspecified atom stereocenters. The van der Waals surface area contributed by atoms with E-state index in [-0.39, 0.29) is 11.4 Å². The van der Waals surface area contributed by atoms with Gasteiger partial charge in [0.15, 0.2) is 0 Å². The van der Waals surface area contributed by atoms with Crippen LogP contribution in [0.3, 0.4) is 0 Å². The molecule has 0 spiro atoms. The summed E-state index contributed by atoms with van der Waals surface area (Å²) < 4.78 is 54.7. The Balaban J connectivity index is 1.44. The maximum absolute atomic E-state index is 12.8. The SMILES string of the molecule is CS(=O)(=O)N(Cc1ccccc1)c1ccc(C(=O)Nc2ccc(S(=O)(=O)Nc3ccc(Br)cc3)cc2)cc1. The van der Waals surface area contributed by atoms with Crippen molar-refractivity contribution in [2.75, 3.05) is 20.6 Å². The summed E-state index contributed by atoms with van der Waals surface area (Å²) in [7, 11) is -7.36. The number of rotatable bonds is 9. The third-order valence-electron chi connectivity index (χ3n) is 5.51. The number of hydrogen-bond acceptors (Lipinski definition) is 5. The van der Waals surface area contributed by atoms with E-state index in [9.17, 15) is 21.6 Å². The van der Waals surface area contributed by atoms with Gasteiger partial charge in [0.25, 0.3) is 15.9 Å². The van der Waals surface area contributed by atoms with Crippen LogP contribution in [0.2, 0.25) is 0 Å². The number of amides is 1. The second-order valence-electron chi connectivity index (χ2n) is 8.39. The average molecular weight is 615 g/mol. The van der Waals surface area contributed by atoms with Crippen LogP contribution in [0.15, 0.2) is 112 Å². The molecule has 4 aromatic carbocycles. The third-order valence-corrected chi connectivity index (χ3v) is 8.57. The number of nitrogens with one attached hydrogen (secondary N) is 2. The predicted octanol–water partition coefficient (Wildman–Crippen LogP) is 5.47. The van der Waals surface area contributed by atoms with Crippen molar-refractivity contribution in [2.45, 2.75) is 11.4 Å². The van der Waals surface area contributed by atoms with Gasteiger partial charge in [0.1, 0.15) is 0 Å². The van der Waals surface area contributed by atoms with Crippen molar-refractivity contribution < 1.29 is 21.6 Å². The van der Waals surface area contributed by atoms with Gasteiger partial charge in [-0.1, -0.05) is 46.3 Å². The van der Waals surface area contributed by atoms with E-state index < -0.39 is 26.0 Å². The highest BCUT2D eigenvalue weighted by atomic mass is 79.9. The second kappa shape index (κ2) is 11.4. The topological polar surface area (TPSA) is 113 Å². The number of nitrogens with zero attached hydrogens (tertiary/aromatic N) is 1. The van der Waals surface area contributed by atoms with Crippen LogP contribution in [-0.2, 0) is 26.6 Å². The van der Waals surface area contributed by atoms with Gasteiger partial charge in [-0.15, -0.1) is 0 Å². The third kappa shape index (κ3) is 7.00. The van der Waals surface area contributed by atoms with Gasteiger partial charge in [0.05, 0.1) is 23.4 Å². The van der Waals surface area contributed by atoms with E-state index in [0.29, 0.717) is 22.6 Å². The molecule has 0 fully saturated rings. The molecule has 0 heterocycles. The van der Waals surface area contributed by atoms with Crippen molar-refractivity contribution in [3.8, 4) is 0 Å². The molecule has 0 aliphatic rings. The Morgan fingerprint density at radius 2 is 1.34 bits per heavy atom. The van der Waals surface area contributed by atoms with E-state index in [4.69, 9.17) is 0 Å². The zero-order valence-electron chi connectivity index (χ0n) is 20.2. The van der Waals surface area contributed by atoms with E-state index in [0.717, 1.165) is 16.3 Å². The van der Waals surface area contributed by atoms with Gasteiger partial charge in [-0.25, -0.2) is 16.8 Å². The molecule has 0 saturated heterocycles. The first-order valence-corrected chi connectivity index (χ1v) is 15.5. The maximum Gasteiger partial charge on any atom is 0.261 e. The minimum Gasteiger partial charge on any atom is -0.322 e. The molecule has 0 atom stereocenters. The highest BCUT2D eigenvalue weighted by Gasteiger charge is 2.19. The molecule has 0 aliphatic heterocycles. The fourth-order valence-corrected chi connectivity index (χ4v) is 5.79. The van der Waals surface area contributed by atoms with Gasteiger partial charge < -0.3 is 5.32 Å². The Kier molecular flexibility index (Phi) is 8.20. The molecule has 1 amide bonds. The first kappa shape index (κ1) is 27.4. The lowest BCUT2D eigenvalue weighted by Crippen LogP contribution is -2.29. The Morgan fingerprint density at radius 1 is 0.763 bits per heavy atom. The highest BCUT2D eigenvalue weighted by molar-refractivity contribution is 9.10. The molecular formula is C27H24BrN3O5S2.